The van der Waals surface area contributed by atoms with Gasteiger partial charge in [0, 0.05) is 24.8 Å². The van der Waals surface area contributed by atoms with E-state index >= 15 is 0 Å². The summed E-state index contributed by atoms with van der Waals surface area (Å²) in [7, 11) is 0. The molecule has 1 aliphatic heterocycles. The number of anilines is 1. The Balaban J connectivity index is 2.00. The van der Waals surface area contributed by atoms with Crippen molar-refractivity contribution >= 4 is 11.7 Å². The molecule has 100 valence electrons. The van der Waals surface area contributed by atoms with E-state index in [1.807, 2.05) is 18.2 Å². The molecule has 19 heavy (non-hydrogen) atoms. The molecular formula is C14H17N3O2. The van der Waals surface area contributed by atoms with Gasteiger partial charge in [-0.15, -0.1) is 0 Å². The van der Waals surface area contributed by atoms with Crippen molar-refractivity contribution in [3.8, 4) is 6.07 Å². The number of aliphatic carboxylic acids is 1. The summed E-state index contributed by atoms with van der Waals surface area (Å²) in [4.78, 5) is 12.8. The number of piperidine rings is 1. The lowest BCUT2D eigenvalue weighted by Crippen LogP contribution is -2.47. The highest BCUT2D eigenvalue weighted by Gasteiger charge is 2.20. The van der Waals surface area contributed by atoms with Gasteiger partial charge in [0.2, 0.25) is 0 Å². The van der Waals surface area contributed by atoms with Gasteiger partial charge in [-0.05, 0) is 31.0 Å². The lowest BCUT2D eigenvalue weighted by molar-refractivity contribution is -0.136. The van der Waals surface area contributed by atoms with Gasteiger partial charge >= 0.3 is 5.97 Å². The van der Waals surface area contributed by atoms with E-state index in [1.165, 1.54) is 0 Å². The third kappa shape index (κ3) is 3.70. The number of nitriles is 1. The fourth-order valence-electron chi connectivity index (χ4n) is 2.38. The molecule has 5 heteroatoms. The summed E-state index contributed by atoms with van der Waals surface area (Å²) in [6, 6.07) is 9.85. The largest absolute Gasteiger partial charge is 0.480 e. The summed E-state index contributed by atoms with van der Waals surface area (Å²) in [5.74, 6) is -0.830. The molecule has 2 rings (SSSR count). The van der Waals surface area contributed by atoms with Gasteiger partial charge in [0.15, 0.2) is 0 Å². The Hall–Kier alpha value is -2.06. The van der Waals surface area contributed by atoms with Gasteiger partial charge in [0.25, 0.3) is 0 Å². The summed E-state index contributed by atoms with van der Waals surface area (Å²) < 4.78 is 0. The normalized spacial score (nSPS) is 18.9. The first kappa shape index (κ1) is 13.4. The summed E-state index contributed by atoms with van der Waals surface area (Å²) in [6.45, 7) is 1.72. The predicted molar refractivity (Wildman–Crippen MR) is 72.0 cm³/mol. The molecule has 1 atom stereocenters. The van der Waals surface area contributed by atoms with Crippen molar-refractivity contribution in [1.82, 2.24) is 5.32 Å². The second-order valence-electron chi connectivity index (χ2n) is 4.72. The highest BCUT2D eigenvalue weighted by atomic mass is 16.4. The molecule has 0 saturated carbocycles. The van der Waals surface area contributed by atoms with Crippen molar-refractivity contribution in [3.05, 3.63) is 29.8 Å². The topological polar surface area (TPSA) is 76.4 Å². The maximum absolute atomic E-state index is 10.6. The van der Waals surface area contributed by atoms with Crippen LogP contribution in [0.25, 0.3) is 0 Å². The van der Waals surface area contributed by atoms with E-state index in [0.29, 0.717) is 5.56 Å². The number of carbonyl (C=O) groups is 1. The number of hydrogen-bond acceptors (Lipinski definition) is 4. The lowest BCUT2D eigenvalue weighted by atomic mass is 10.0. The van der Waals surface area contributed by atoms with Crippen LogP contribution in [-0.2, 0) is 4.79 Å². The highest BCUT2D eigenvalue weighted by Crippen LogP contribution is 2.20. The standard InChI is InChI=1S/C14H17N3O2/c15-8-11-3-1-5-13(7-11)17-6-2-4-12(10-17)16-9-14(18)19/h1,3,5,7,12,16H,2,4,6,9-10H2,(H,18,19). The number of carboxylic acids is 1. The molecule has 1 unspecified atom stereocenters. The fraction of sp³-hybridized carbons (Fsp3) is 0.429. The fourth-order valence-corrected chi connectivity index (χ4v) is 2.38. The Kier molecular flexibility index (Phi) is 4.37. The highest BCUT2D eigenvalue weighted by molar-refractivity contribution is 5.69. The van der Waals surface area contributed by atoms with Crippen molar-refractivity contribution in [1.29, 1.82) is 5.26 Å². The van der Waals surface area contributed by atoms with E-state index in [2.05, 4.69) is 16.3 Å². The van der Waals surface area contributed by atoms with E-state index in [4.69, 9.17) is 10.4 Å². The Morgan fingerprint density at radius 1 is 1.58 bits per heavy atom. The molecule has 0 bridgehead atoms. The molecule has 0 aliphatic carbocycles. The summed E-state index contributed by atoms with van der Waals surface area (Å²) in [5.41, 5.74) is 1.68. The van der Waals surface area contributed by atoms with E-state index in [0.717, 1.165) is 31.6 Å². The molecule has 0 amide bonds. The van der Waals surface area contributed by atoms with Crippen LogP contribution in [0.3, 0.4) is 0 Å². The second kappa shape index (κ2) is 6.21. The van der Waals surface area contributed by atoms with E-state index in [9.17, 15) is 4.79 Å². The number of nitrogens with zero attached hydrogens (tertiary/aromatic N) is 2. The van der Waals surface area contributed by atoms with Crippen LogP contribution >= 0.6 is 0 Å². The first-order chi connectivity index (χ1) is 9.19. The first-order valence-electron chi connectivity index (χ1n) is 6.39. The Labute approximate surface area is 112 Å². The minimum Gasteiger partial charge on any atom is -0.480 e. The average Bonchev–Trinajstić information content (AvgIpc) is 2.45. The third-order valence-corrected chi connectivity index (χ3v) is 3.30. The second-order valence-corrected chi connectivity index (χ2v) is 4.72. The monoisotopic (exact) mass is 259 g/mol. The Bertz CT molecular complexity index is 496. The van der Waals surface area contributed by atoms with Crippen LogP contribution in [0.4, 0.5) is 5.69 Å². The van der Waals surface area contributed by atoms with Gasteiger partial charge < -0.3 is 15.3 Å². The van der Waals surface area contributed by atoms with E-state index in [1.54, 1.807) is 6.07 Å². The molecule has 1 aromatic carbocycles. The zero-order chi connectivity index (χ0) is 13.7. The number of rotatable bonds is 4. The molecule has 1 aliphatic rings. The minimum atomic E-state index is -0.830. The molecule has 1 fully saturated rings. The van der Waals surface area contributed by atoms with Gasteiger partial charge in [-0.3, -0.25) is 4.79 Å². The molecule has 2 N–H and O–H groups in total. The molecule has 1 aromatic rings. The van der Waals surface area contributed by atoms with E-state index < -0.39 is 5.97 Å². The first-order valence-corrected chi connectivity index (χ1v) is 6.39. The lowest BCUT2D eigenvalue weighted by Gasteiger charge is -2.34. The zero-order valence-electron chi connectivity index (χ0n) is 10.7. The average molecular weight is 259 g/mol. The van der Waals surface area contributed by atoms with Crippen molar-refractivity contribution in [2.75, 3.05) is 24.5 Å². The SMILES string of the molecule is N#Cc1cccc(N2CCCC(NCC(=O)O)C2)c1. The van der Waals surface area contributed by atoms with Crippen LogP contribution in [0, 0.1) is 11.3 Å². The van der Waals surface area contributed by atoms with Crippen LogP contribution < -0.4 is 10.2 Å². The molecule has 1 saturated heterocycles. The van der Waals surface area contributed by atoms with Crippen molar-refractivity contribution in [2.45, 2.75) is 18.9 Å². The molecular weight excluding hydrogens is 242 g/mol. The molecule has 0 radical (unpaired) electrons. The number of hydrogen-bond donors (Lipinski definition) is 2. The van der Waals surface area contributed by atoms with Crippen LogP contribution in [0.1, 0.15) is 18.4 Å². The van der Waals surface area contributed by atoms with Crippen LogP contribution in [0.15, 0.2) is 24.3 Å². The summed E-state index contributed by atoms with van der Waals surface area (Å²) in [6.07, 6.45) is 2.01. The van der Waals surface area contributed by atoms with Gasteiger partial charge in [-0.25, -0.2) is 0 Å². The molecule has 0 spiro atoms. The van der Waals surface area contributed by atoms with Crippen molar-refractivity contribution in [2.24, 2.45) is 0 Å². The molecule has 5 nitrogen and oxygen atoms in total. The summed E-state index contributed by atoms with van der Waals surface area (Å²) >= 11 is 0. The van der Waals surface area contributed by atoms with Gasteiger partial charge in [-0.1, -0.05) is 6.07 Å². The summed E-state index contributed by atoms with van der Waals surface area (Å²) in [5, 5.41) is 20.6. The smallest absolute Gasteiger partial charge is 0.317 e. The van der Waals surface area contributed by atoms with E-state index in [-0.39, 0.29) is 12.6 Å². The predicted octanol–water partition coefficient (Wildman–Crippen LogP) is 1.20. The van der Waals surface area contributed by atoms with Gasteiger partial charge in [0.1, 0.15) is 0 Å². The van der Waals surface area contributed by atoms with Crippen molar-refractivity contribution in [3.63, 3.8) is 0 Å². The Morgan fingerprint density at radius 2 is 2.42 bits per heavy atom. The third-order valence-electron chi connectivity index (χ3n) is 3.30. The number of benzene rings is 1. The molecule has 1 heterocycles. The van der Waals surface area contributed by atoms with Crippen LogP contribution in [0.2, 0.25) is 0 Å². The maximum atomic E-state index is 10.6. The van der Waals surface area contributed by atoms with Crippen molar-refractivity contribution < 1.29 is 9.90 Å². The molecule has 0 aromatic heterocycles. The van der Waals surface area contributed by atoms with Crippen LogP contribution in [0.5, 0.6) is 0 Å². The minimum absolute atomic E-state index is 0.00323. The van der Waals surface area contributed by atoms with Crippen LogP contribution in [-0.4, -0.2) is 36.8 Å². The number of nitrogens with one attached hydrogen (secondary N) is 1. The number of carboxylic acid groups (broad SMARTS) is 1. The van der Waals surface area contributed by atoms with Gasteiger partial charge in [0.05, 0.1) is 18.2 Å². The zero-order valence-corrected chi connectivity index (χ0v) is 10.7. The quantitative estimate of drug-likeness (QED) is 0.849. The maximum Gasteiger partial charge on any atom is 0.317 e. The van der Waals surface area contributed by atoms with Gasteiger partial charge in [-0.2, -0.15) is 5.26 Å². The Morgan fingerprint density at radius 3 is 3.16 bits per heavy atom.